The highest BCUT2D eigenvalue weighted by molar-refractivity contribution is 7.80. The normalized spacial score (nSPS) is 14.1. The van der Waals surface area contributed by atoms with Gasteiger partial charge in [0.1, 0.15) is 0 Å². The number of carbonyl (C=O) groups excluding carboxylic acids is 2. The van der Waals surface area contributed by atoms with Gasteiger partial charge in [-0.2, -0.15) is 0 Å². The molecule has 0 atom stereocenters. The summed E-state index contributed by atoms with van der Waals surface area (Å²) in [6, 6.07) is 17.2. The Morgan fingerprint density at radius 3 is 2.31 bits per heavy atom. The van der Waals surface area contributed by atoms with Crippen LogP contribution in [0.25, 0.3) is 0 Å². The first kappa shape index (κ1) is 21.0. The van der Waals surface area contributed by atoms with E-state index in [0.29, 0.717) is 12.8 Å². The summed E-state index contributed by atoms with van der Waals surface area (Å²) in [6.45, 7) is 0. The van der Waals surface area contributed by atoms with Gasteiger partial charge in [-0.3, -0.25) is 9.59 Å². The van der Waals surface area contributed by atoms with Crippen molar-refractivity contribution in [2.75, 3.05) is 10.6 Å². The van der Waals surface area contributed by atoms with E-state index in [1.165, 1.54) is 6.42 Å². The van der Waals surface area contributed by atoms with Crippen molar-refractivity contribution in [3.05, 3.63) is 60.2 Å². The number of nitrogens with one attached hydrogen (secondary N) is 3. The largest absolute Gasteiger partial charge is 0.332 e. The Bertz CT molecular complexity index is 848. The number of carbonyl (C=O) groups is 2. The number of aryl methyl sites for hydroxylation is 1. The van der Waals surface area contributed by atoms with Crippen LogP contribution in [0.15, 0.2) is 54.6 Å². The van der Waals surface area contributed by atoms with Crippen molar-refractivity contribution in [2.24, 2.45) is 5.92 Å². The molecule has 2 amide bonds. The lowest BCUT2D eigenvalue weighted by atomic mass is 9.88. The molecule has 0 heterocycles. The minimum atomic E-state index is -0.131. The zero-order valence-corrected chi connectivity index (χ0v) is 17.3. The fourth-order valence-electron chi connectivity index (χ4n) is 3.54. The lowest BCUT2D eigenvalue weighted by molar-refractivity contribution is -0.121. The molecule has 0 aliphatic heterocycles. The molecule has 3 N–H and O–H groups in total. The Hall–Kier alpha value is -2.73. The van der Waals surface area contributed by atoms with Gasteiger partial charge in [0.25, 0.3) is 0 Å². The molecule has 0 unspecified atom stereocenters. The smallest absolute Gasteiger partial charge is 0.227 e. The molecule has 1 fully saturated rings. The molecule has 1 aliphatic rings. The van der Waals surface area contributed by atoms with E-state index in [2.05, 4.69) is 16.0 Å². The first-order valence-electron chi connectivity index (χ1n) is 10.2. The molecule has 6 heteroatoms. The molecule has 0 saturated heterocycles. The van der Waals surface area contributed by atoms with Gasteiger partial charge in [-0.25, -0.2) is 0 Å². The van der Waals surface area contributed by atoms with E-state index in [1.807, 2.05) is 54.6 Å². The van der Waals surface area contributed by atoms with Crippen molar-refractivity contribution >= 4 is 40.5 Å². The van der Waals surface area contributed by atoms with Crippen LogP contribution in [0.4, 0.5) is 11.4 Å². The summed E-state index contributed by atoms with van der Waals surface area (Å²) in [5.41, 5.74) is 2.56. The quantitative estimate of drug-likeness (QED) is 0.608. The average Bonchev–Trinajstić information content (AvgIpc) is 2.74. The van der Waals surface area contributed by atoms with Gasteiger partial charge in [-0.15, -0.1) is 0 Å². The SMILES string of the molecule is O=C(CCc1ccccc1)NC(=S)Nc1cccc(NC(=O)C2CCCCC2)c1. The van der Waals surface area contributed by atoms with E-state index in [1.54, 1.807) is 0 Å². The van der Waals surface area contributed by atoms with Gasteiger partial charge < -0.3 is 16.0 Å². The van der Waals surface area contributed by atoms with E-state index in [9.17, 15) is 9.59 Å². The summed E-state index contributed by atoms with van der Waals surface area (Å²) < 4.78 is 0. The van der Waals surface area contributed by atoms with Crippen LogP contribution >= 0.6 is 12.2 Å². The molecule has 29 heavy (non-hydrogen) atoms. The lowest BCUT2D eigenvalue weighted by Gasteiger charge is -2.21. The van der Waals surface area contributed by atoms with Crippen LogP contribution in [0.5, 0.6) is 0 Å². The third kappa shape index (κ3) is 6.98. The first-order valence-corrected chi connectivity index (χ1v) is 10.6. The molecular weight excluding hydrogens is 382 g/mol. The van der Waals surface area contributed by atoms with Gasteiger partial charge in [0.15, 0.2) is 5.11 Å². The van der Waals surface area contributed by atoms with E-state index >= 15 is 0 Å². The van der Waals surface area contributed by atoms with Crippen LogP contribution in [0.1, 0.15) is 44.1 Å². The van der Waals surface area contributed by atoms with Gasteiger partial charge in [-0.1, -0.05) is 55.7 Å². The molecule has 1 aliphatic carbocycles. The van der Waals surface area contributed by atoms with Crippen molar-refractivity contribution in [3.63, 3.8) is 0 Å². The van der Waals surface area contributed by atoms with Crippen molar-refractivity contribution in [1.82, 2.24) is 5.32 Å². The molecule has 2 aromatic rings. The summed E-state index contributed by atoms with van der Waals surface area (Å²) >= 11 is 5.25. The van der Waals surface area contributed by atoms with Gasteiger partial charge in [0, 0.05) is 23.7 Å². The predicted octanol–water partition coefficient (Wildman–Crippen LogP) is 4.65. The number of thiocarbonyl (C=S) groups is 1. The number of rotatable bonds is 6. The number of amides is 2. The fraction of sp³-hybridized carbons (Fsp3) is 0.348. The molecule has 0 aromatic heterocycles. The highest BCUT2D eigenvalue weighted by Crippen LogP contribution is 2.25. The zero-order chi connectivity index (χ0) is 20.5. The Kier molecular flexibility index (Phi) is 7.76. The van der Waals surface area contributed by atoms with Gasteiger partial charge >= 0.3 is 0 Å². The average molecular weight is 410 g/mol. The van der Waals surface area contributed by atoms with Gasteiger partial charge in [-0.05, 0) is 55.2 Å². The van der Waals surface area contributed by atoms with Crippen LogP contribution in [0, 0.1) is 5.92 Å². The second kappa shape index (κ2) is 10.7. The molecule has 5 nitrogen and oxygen atoms in total. The summed E-state index contributed by atoms with van der Waals surface area (Å²) in [4.78, 5) is 24.5. The molecule has 3 rings (SSSR count). The van der Waals surface area contributed by atoms with Crippen LogP contribution in [0.3, 0.4) is 0 Å². The van der Waals surface area contributed by atoms with E-state index in [-0.39, 0.29) is 22.8 Å². The summed E-state index contributed by atoms with van der Waals surface area (Å²) in [6.07, 6.45) is 6.42. The third-order valence-electron chi connectivity index (χ3n) is 5.10. The summed E-state index contributed by atoms with van der Waals surface area (Å²) in [7, 11) is 0. The fourth-order valence-corrected chi connectivity index (χ4v) is 3.77. The first-order chi connectivity index (χ1) is 14.1. The highest BCUT2D eigenvalue weighted by Gasteiger charge is 2.21. The summed E-state index contributed by atoms with van der Waals surface area (Å²) in [5, 5.41) is 8.96. The minimum Gasteiger partial charge on any atom is -0.332 e. The molecule has 0 radical (unpaired) electrons. The highest BCUT2D eigenvalue weighted by atomic mass is 32.1. The molecule has 0 bridgehead atoms. The van der Waals surface area contributed by atoms with Gasteiger partial charge in [0.2, 0.25) is 11.8 Å². The maximum atomic E-state index is 12.4. The van der Waals surface area contributed by atoms with Crippen molar-refractivity contribution < 1.29 is 9.59 Å². The number of benzene rings is 2. The second-order valence-corrected chi connectivity index (χ2v) is 7.80. The molecule has 1 saturated carbocycles. The molecule has 152 valence electrons. The van der Waals surface area contributed by atoms with E-state index < -0.39 is 0 Å². The van der Waals surface area contributed by atoms with Gasteiger partial charge in [0.05, 0.1) is 0 Å². The third-order valence-corrected chi connectivity index (χ3v) is 5.30. The van der Waals surface area contributed by atoms with Crippen molar-refractivity contribution in [2.45, 2.75) is 44.9 Å². The Labute approximate surface area is 177 Å². The standard InChI is InChI=1S/C23H27N3O2S/c27-21(15-14-17-8-3-1-4-9-17)26-23(29)25-20-13-7-12-19(16-20)24-22(28)18-10-5-2-6-11-18/h1,3-4,7-9,12-13,16,18H,2,5-6,10-11,14-15H2,(H,24,28)(H2,25,26,27,29). The molecular formula is C23H27N3O2S. The topological polar surface area (TPSA) is 70.2 Å². The zero-order valence-electron chi connectivity index (χ0n) is 16.4. The van der Waals surface area contributed by atoms with Crippen molar-refractivity contribution in [1.29, 1.82) is 0 Å². The lowest BCUT2D eigenvalue weighted by Crippen LogP contribution is -2.34. The van der Waals surface area contributed by atoms with Crippen LogP contribution in [0.2, 0.25) is 0 Å². The Morgan fingerprint density at radius 2 is 1.59 bits per heavy atom. The molecule has 0 spiro atoms. The summed E-state index contributed by atoms with van der Waals surface area (Å²) in [5.74, 6) is 0.0529. The van der Waals surface area contributed by atoms with Crippen LogP contribution < -0.4 is 16.0 Å². The monoisotopic (exact) mass is 409 g/mol. The number of anilines is 2. The Morgan fingerprint density at radius 1 is 0.897 bits per heavy atom. The maximum absolute atomic E-state index is 12.4. The number of hydrogen-bond donors (Lipinski definition) is 3. The number of hydrogen-bond acceptors (Lipinski definition) is 3. The van der Waals surface area contributed by atoms with E-state index in [0.717, 1.165) is 42.6 Å². The molecule has 2 aromatic carbocycles. The van der Waals surface area contributed by atoms with E-state index in [4.69, 9.17) is 12.2 Å². The minimum absolute atomic E-state index is 0.0821. The predicted molar refractivity (Wildman–Crippen MR) is 121 cm³/mol. The maximum Gasteiger partial charge on any atom is 0.227 e. The van der Waals surface area contributed by atoms with Crippen molar-refractivity contribution in [3.8, 4) is 0 Å². The van der Waals surface area contributed by atoms with Crippen LogP contribution in [-0.2, 0) is 16.0 Å². The van der Waals surface area contributed by atoms with Crippen LogP contribution in [-0.4, -0.2) is 16.9 Å². The Balaban J connectivity index is 1.46. The second-order valence-electron chi connectivity index (χ2n) is 7.39.